The Labute approximate surface area is 159 Å². The molecule has 0 bridgehead atoms. The summed E-state index contributed by atoms with van der Waals surface area (Å²) in [6.45, 7) is 6.18. The smallest absolute Gasteiger partial charge is 0.127 e. The van der Waals surface area contributed by atoms with E-state index in [0.717, 1.165) is 24.2 Å². The summed E-state index contributed by atoms with van der Waals surface area (Å²) in [5, 5.41) is 13.0. The van der Waals surface area contributed by atoms with Crippen LogP contribution in [0.25, 0.3) is 0 Å². The molecule has 25 heavy (non-hydrogen) atoms. The van der Waals surface area contributed by atoms with Crippen LogP contribution in [-0.2, 0) is 10.3 Å². The van der Waals surface area contributed by atoms with Crippen LogP contribution in [0, 0.1) is 0 Å². The van der Waals surface area contributed by atoms with Crippen LogP contribution < -0.4 is 0 Å². The number of hydrogen-bond acceptors (Lipinski definition) is 3. The van der Waals surface area contributed by atoms with E-state index in [1.54, 1.807) is 0 Å². The number of rotatable bonds is 4. The van der Waals surface area contributed by atoms with Gasteiger partial charge in [0.15, 0.2) is 0 Å². The number of β-amino-alcohol motifs (C(OH)–C–C–N with tert-alkyl or cyclic N) is 1. The summed E-state index contributed by atoms with van der Waals surface area (Å²) in [5.74, 6) is 0. The Balaban J connectivity index is 1.96. The normalized spacial score (nSPS) is 22.1. The maximum atomic E-state index is 11.7. The SMILES string of the molecule is CC1CN(CC(O)(c2ccc(Cl)cc2)c2ccc(Cl)cc2)CC(C)O1. The molecule has 0 amide bonds. The van der Waals surface area contributed by atoms with Crippen molar-refractivity contribution < 1.29 is 9.84 Å². The summed E-state index contributed by atoms with van der Waals surface area (Å²) in [6.07, 6.45) is 0.284. The van der Waals surface area contributed by atoms with Gasteiger partial charge >= 0.3 is 0 Å². The van der Waals surface area contributed by atoms with Crippen LogP contribution in [0.2, 0.25) is 10.0 Å². The molecule has 0 saturated carbocycles. The number of halogens is 2. The average Bonchev–Trinajstić information content (AvgIpc) is 2.55. The van der Waals surface area contributed by atoms with Gasteiger partial charge in [0.25, 0.3) is 0 Å². The van der Waals surface area contributed by atoms with Crippen LogP contribution in [-0.4, -0.2) is 41.8 Å². The van der Waals surface area contributed by atoms with E-state index in [-0.39, 0.29) is 12.2 Å². The Morgan fingerprint density at radius 2 is 1.32 bits per heavy atom. The van der Waals surface area contributed by atoms with Gasteiger partial charge < -0.3 is 9.84 Å². The van der Waals surface area contributed by atoms with Crippen LogP contribution in [0.3, 0.4) is 0 Å². The second-order valence-electron chi connectivity index (χ2n) is 6.83. The van der Waals surface area contributed by atoms with Gasteiger partial charge in [0.1, 0.15) is 5.60 Å². The van der Waals surface area contributed by atoms with E-state index in [0.29, 0.717) is 16.6 Å². The molecule has 1 aliphatic rings. The number of hydrogen-bond donors (Lipinski definition) is 1. The molecule has 1 aliphatic heterocycles. The molecule has 0 radical (unpaired) electrons. The van der Waals surface area contributed by atoms with Crippen LogP contribution in [0.5, 0.6) is 0 Å². The van der Waals surface area contributed by atoms with Gasteiger partial charge in [-0.15, -0.1) is 0 Å². The van der Waals surface area contributed by atoms with Crippen molar-refractivity contribution in [3.63, 3.8) is 0 Å². The van der Waals surface area contributed by atoms with Crippen molar-refractivity contribution in [2.45, 2.75) is 31.7 Å². The number of nitrogens with zero attached hydrogens (tertiary/aromatic N) is 1. The zero-order valence-electron chi connectivity index (χ0n) is 14.5. The minimum absolute atomic E-state index is 0.142. The molecule has 3 rings (SSSR count). The van der Waals surface area contributed by atoms with Crippen molar-refractivity contribution in [1.29, 1.82) is 0 Å². The molecule has 2 unspecified atom stereocenters. The van der Waals surface area contributed by atoms with Crippen molar-refractivity contribution in [3.05, 3.63) is 69.7 Å². The van der Waals surface area contributed by atoms with Gasteiger partial charge in [-0.3, -0.25) is 4.90 Å². The number of aliphatic hydroxyl groups is 1. The molecule has 5 heteroatoms. The molecule has 1 N–H and O–H groups in total. The van der Waals surface area contributed by atoms with Crippen molar-refractivity contribution in [1.82, 2.24) is 4.90 Å². The minimum Gasteiger partial charge on any atom is -0.379 e. The lowest BCUT2D eigenvalue weighted by Crippen LogP contribution is -2.51. The molecule has 1 heterocycles. The highest BCUT2D eigenvalue weighted by Gasteiger charge is 2.36. The summed E-state index contributed by atoms with van der Waals surface area (Å²) in [5.41, 5.74) is 0.475. The first-order chi connectivity index (χ1) is 11.9. The molecule has 2 aromatic carbocycles. The van der Waals surface area contributed by atoms with Gasteiger partial charge in [-0.05, 0) is 49.2 Å². The maximum Gasteiger partial charge on any atom is 0.127 e. The molecule has 134 valence electrons. The zero-order valence-corrected chi connectivity index (χ0v) is 16.0. The van der Waals surface area contributed by atoms with Crippen molar-refractivity contribution in [3.8, 4) is 0 Å². The van der Waals surface area contributed by atoms with Crippen LogP contribution >= 0.6 is 23.2 Å². The largest absolute Gasteiger partial charge is 0.379 e. The molecule has 1 fully saturated rings. The Morgan fingerprint density at radius 3 is 1.72 bits per heavy atom. The molecule has 1 saturated heterocycles. The Hall–Kier alpha value is -1.10. The first kappa shape index (κ1) is 18.7. The minimum atomic E-state index is -1.15. The fourth-order valence-electron chi connectivity index (χ4n) is 3.54. The van der Waals surface area contributed by atoms with Crippen LogP contribution in [0.15, 0.2) is 48.5 Å². The molecular formula is C20H23Cl2NO2. The molecule has 0 aromatic heterocycles. The monoisotopic (exact) mass is 379 g/mol. The van der Waals surface area contributed by atoms with E-state index < -0.39 is 5.60 Å². The third kappa shape index (κ3) is 4.36. The van der Waals surface area contributed by atoms with E-state index in [1.165, 1.54) is 0 Å². The highest BCUT2D eigenvalue weighted by atomic mass is 35.5. The Kier molecular flexibility index (Phi) is 5.71. The highest BCUT2D eigenvalue weighted by molar-refractivity contribution is 6.30. The summed E-state index contributed by atoms with van der Waals surface area (Å²) in [7, 11) is 0. The van der Waals surface area contributed by atoms with Gasteiger partial charge in [-0.25, -0.2) is 0 Å². The van der Waals surface area contributed by atoms with Crippen molar-refractivity contribution in [2.24, 2.45) is 0 Å². The first-order valence-corrected chi connectivity index (χ1v) is 9.25. The van der Waals surface area contributed by atoms with Gasteiger partial charge in [-0.2, -0.15) is 0 Å². The molecular weight excluding hydrogens is 357 g/mol. The van der Waals surface area contributed by atoms with E-state index >= 15 is 0 Å². The molecule has 2 atom stereocenters. The molecule has 3 nitrogen and oxygen atoms in total. The quantitative estimate of drug-likeness (QED) is 0.857. The average molecular weight is 380 g/mol. The van der Waals surface area contributed by atoms with Gasteiger partial charge in [0.2, 0.25) is 0 Å². The van der Waals surface area contributed by atoms with Gasteiger partial charge in [-0.1, -0.05) is 47.5 Å². The van der Waals surface area contributed by atoms with E-state index in [1.807, 2.05) is 48.5 Å². The summed E-state index contributed by atoms with van der Waals surface area (Å²) >= 11 is 12.1. The van der Waals surface area contributed by atoms with Crippen LogP contribution in [0.4, 0.5) is 0 Å². The molecule has 2 aromatic rings. The number of benzene rings is 2. The third-order valence-electron chi connectivity index (χ3n) is 4.59. The van der Waals surface area contributed by atoms with E-state index in [4.69, 9.17) is 27.9 Å². The predicted octanol–water partition coefficient (Wildman–Crippen LogP) is 4.34. The summed E-state index contributed by atoms with van der Waals surface area (Å²) in [4.78, 5) is 2.25. The van der Waals surface area contributed by atoms with E-state index in [2.05, 4.69) is 18.7 Å². The number of ether oxygens (including phenoxy) is 1. The lowest BCUT2D eigenvalue weighted by atomic mass is 9.85. The lowest BCUT2D eigenvalue weighted by molar-refractivity contribution is -0.0865. The maximum absolute atomic E-state index is 11.7. The Bertz CT molecular complexity index is 647. The fraction of sp³-hybridized carbons (Fsp3) is 0.400. The zero-order chi connectivity index (χ0) is 18.0. The second kappa shape index (κ2) is 7.65. The van der Waals surface area contributed by atoms with Gasteiger partial charge in [0.05, 0.1) is 12.2 Å². The fourth-order valence-corrected chi connectivity index (χ4v) is 3.79. The third-order valence-corrected chi connectivity index (χ3v) is 5.10. The van der Waals surface area contributed by atoms with Crippen molar-refractivity contribution >= 4 is 23.2 Å². The molecule has 0 spiro atoms. The van der Waals surface area contributed by atoms with Crippen LogP contribution in [0.1, 0.15) is 25.0 Å². The lowest BCUT2D eigenvalue weighted by Gasteiger charge is -2.40. The molecule has 0 aliphatic carbocycles. The summed E-state index contributed by atoms with van der Waals surface area (Å²) in [6, 6.07) is 14.7. The predicted molar refractivity (Wildman–Crippen MR) is 102 cm³/mol. The summed E-state index contributed by atoms with van der Waals surface area (Å²) < 4.78 is 5.82. The second-order valence-corrected chi connectivity index (χ2v) is 7.70. The standard InChI is InChI=1S/C20H23Cl2NO2/c1-14-11-23(12-15(2)25-14)13-20(24,16-3-7-18(21)8-4-16)17-5-9-19(22)10-6-17/h3-10,14-15,24H,11-13H2,1-2H3. The topological polar surface area (TPSA) is 32.7 Å². The number of morpholine rings is 1. The highest BCUT2D eigenvalue weighted by Crippen LogP contribution is 2.33. The van der Waals surface area contributed by atoms with Crippen molar-refractivity contribution in [2.75, 3.05) is 19.6 Å². The van der Waals surface area contributed by atoms with E-state index in [9.17, 15) is 5.11 Å². The Morgan fingerprint density at radius 1 is 0.920 bits per heavy atom. The first-order valence-electron chi connectivity index (χ1n) is 8.49. The van der Waals surface area contributed by atoms with Gasteiger partial charge in [0, 0.05) is 29.7 Å².